The molecule has 158 valence electrons. The van der Waals surface area contributed by atoms with Crippen molar-refractivity contribution in [3.05, 3.63) is 35.9 Å². The van der Waals surface area contributed by atoms with Crippen LogP contribution in [0.1, 0.15) is 50.5 Å². The first-order valence-electron chi connectivity index (χ1n) is 11.8. The smallest absolute Gasteiger partial charge is 0.233 e. The molecular formula is C25H37N3O. The lowest BCUT2D eigenvalue weighted by atomic mass is 9.71. The third-order valence-corrected chi connectivity index (χ3v) is 8.26. The number of likely N-dealkylation sites (tertiary alicyclic amines) is 3. The highest BCUT2D eigenvalue weighted by molar-refractivity contribution is 5.88. The van der Waals surface area contributed by atoms with E-state index < -0.39 is 0 Å². The Morgan fingerprint density at radius 1 is 0.966 bits per heavy atom. The first-order valence-corrected chi connectivity index (χ1v) is 11.8. The van der Waals surface area contributed by atoms with Crippen molar-refractivity contribution in [2.75, 3.05) is 52.9 Å². The summed E-state index contributed by atoms with van der Waals surface area (Å²) in [5.41, 5.74) is 1.27. The molecule has 1 aromatic carbocycles. The van der Waals surface area contributed by atoms with Gasteiger partial charge >= 0.3 is 0 Å². The second-order valence-corrected chi connectivity index (χ2v) is 10.5. The minimum atomic E-state index is -0.318. The fraction of sp³-hybridized carbons (Fsp3) is 0.720. The summed E-state index contributed by atoms with van der Waals surface area (Å²) >= 11 is 0. The Kier molecular flexibility index (Phi) is 5.19. The number of carbonyl (C=O) groups excluding carboxylic acids is 1. The van der Waals surface area contributed by atoms with Crippen LogP contribution in [0, 0.1) is 11.3 Å². The largest absolute Gasteiger partial charge is 0.341 e. The average Bonchev–Trinajstić information content (AvgIpc) is 3.48. The summed E-state index contributed by atoms with van der Waals surface area (Å²) in [5, 5.41) is 0. The van der Waals surface area contributed by atoms with Crippen molar-refractivity contribution in [3.8, 4) is 0 Å². The molecule has 4 fully saturated rings. The quantitative estimate of drug-likeness (QED) is 0.782. The van der Waals surface area contributed by atoms with Crippen molar-refractivity contribution >= 4 is 5.91 Å². The van der Waals surface area contributed by atoms with Gasteiger partial charge in [-0.1, -0.05) is 30.3 Å². The lowest BCUT2D eigenvalue weighted by Crippen LogP contribution is -2.53. The summed E-state index contributed by atoms with van der Waals surface area (Å²) in [6.07, 6.45) is 8.57. The van der Waals surface area contributed by atoms with Gasteiger partial charge in [-0.05, 0) is 83.1 Å². The number of hydrogen-bond donors (Lipinski definition) is 0. The first-order chi connectivity index (χ1) is 14.1. The van der Waals surface area contributed by atoms with Crippen LogP contribution in [0.2, 0.25) is 0 Å². The molecule has 1 unspecified atom stereocenters. The van der Waals surface area contributed by atoms with Gasteiger partial charge in [0.2, 0.25) is 5.91 Å². The van der Waals surface area contributed by atoms with Crippen LogP contribution in [-0.4, -0.2) is 73.5 Å². The lowest BCUT2D eigenvalue weighted by molar-refractivity contribution is -0.139. The molecule has 3 saturated heterocycles. The summed E-state index contributed by atoms with van der Waals surface area (Å²) in [6.45, 7) is 7.75. The van der Waals surface area contributed by atoms with Crippen molar-refractivity contribution in [1.29, 1.82) is 0 Å². The Morgan fingerprint density at radius 3 is 2.45 bits per heavy atom. The SMILES string of the molecule is CN1CCC(C(=O)N2CCC3(CCCN(CC4CC4)C3)C2)(c2ccccc2)CC1. The molecule has 1 aromatic rings. The van der Waals surface area contributed by atoms with Crippen molar-refractivity contribution in [3.63, 3.8) is 0 Å². The van der Waals surface area contributed by atoms with Crippen molar-refractivity contribution < 1.29 is 4.79 Å². The number of carbonyl (C=O) groups is 1. The number of rotatable bonds is 4. The molecule has 1 saturated carbocycles. The van der Waals surface area contributed by atoms with Crippen LogP contribution in [0.4, 0.5) is 0 Å². The second-order valence-electron chi connectivity index (χ2n) is 10.5. The minimum absolute atomic E-state index is 0.318. The van der Waals surface area contributed by atoms with E-state index in [1.807, 2.05) is 0 Å². The summed E-state index contributed by atoms with van der Waals surface area (Å²) in [7, 11) is 2.18. The van der Waals surface area contributed by atoms with E-state index in [2.05, 4.69) is 52.1 Å². The van der Waals surface area contributed by atoms with E-state index in [4.69, 9.17) is 0 Å². The molecule has 0 radical (unpaired) electrons. The van der Waals surface area contributed by atoms with Crippen LogP contribution in [0.5, 0.6) is 0 Å². The molecule has 5 rings (SSSR count). The molecule has 3 heterocycles. The van der Waals surface area contributed by atoms with E-state index in [9.17, 15) is 4.79 Å². The van der Waals surface area contributed by atoms with E-state index in [1.54, 1.807) is 0 Å². The van der Waals surface area contributed by atoms with E-state index >= 15 is 0 Å². The van der Waals surface area contributed by atoms with Crippen molar-refractivity contribution in [2.45, 2.75) is 50.4 Å². The molecule has 0 bridgehead atoms. The van der Waals surface area contributed by atoms with Crippen molar-refractivity contribution in [1.82, 2.24) is 14.7 Å². The maximum atomic E-state index is 14.0. The van der Waals surface area contributed by atoms with Crippen LogP contribution >= 0.6 is 0 Å². The molecule has 0 N–H and O–H groups in total. The van der Waals surface area contributed by atoms with Gasteiger partial charge in [-0.15, -0.1) is 0 Å². The molecule has 29 heavy (non-hydrogen) atoms. The topological polar surface area (TPSA) is 26.8 Å². The molecule has 3 aliphatic heterocycles. The minimum Gasteiger partial charge on any atom is -0.341 e. The molecule has 0 aromatic heterocycles. The highest BCUT2D eigenvalue weighted by Gasteiger charge is 2.49. The second kappa shape index (κ2) is 7.70. The normalized spacial score (nSPS) is 30.7. The maximum absolute atomic E-state index is 14.0. The van der Waals surface area contributed by atoms with Crippen LogP contribution in [0.15, 0.2) is 30.3 Å². The number of nitrogens with zero attached hydrogens (tertiary/aromatic N) is 3. The van der Waals surface area contributed by atoms with E-state index in [-0.39, 0.29) is 5.41 Å². The van der Waals surface area contributed by atoms with Gasteiger partial charge in [-0.25, -0.2) is 0 Å². The Morgan fingerprint density at radius 2 is 1.72 bits per heavy atom. The highest BCUT2D eigenvalue weighted by atomic mass is 16.2. The summed E-state index contributed by atoms with van der Waals surface area (Å²) in [6, 6.07) is 10.6. The van der Waals surface area contributed by atoms with E-state index in [0.29, 0.717) is 11.3 Å². The molecule has 1 amide bonds. The summed E-state index contributed by atoms with van der Waals surface area (Å²) in [4.78, 5) is 21.4. The molecule has 1 spiro atoms. The lowest BCUT2D eigenvalue weighted by Gasteiger charge is -2.43. The van der Waals surface area contributed by atoms with Crippen LogP contribution in [0.3, 0.4) is 0 Å². The number of benzene rings is 1. The van der Waals surface area contributed by atoms with E-state index in [0.717, 1.165) is 44.9 Å². The van der Waals surface area contributed by atoms with Gasteiger partial charge in [0.15, 0.2) is 0 Å². The predicted molar refractivity (Wildman–Crippen MR) is 117 cm³/mol. The maximum Gasteiger partial charge on any atom is 0.233 e. The number of hydrogen-bond acceptors (Lipinski definition) is 3. The monoisotopic (exact) mass is 395 g/mol. The number of piperidine rings is 2. The fourth-order valence-electron chi connectivity index (χ4n) is 6.26. The summed E-state index contributed by atoms with van der Waals surface area (Å²) in [5.74, 6) is 1.37. The van der Waals surface area contributed by atoms with Gasteiger partial charge in [-0.3, -0.25) is 4.79 Å². The van der Waals surface area contributed by atoms with Crippen LogP contribution in [-0.2, 0) is 10.2 Å². The van der Waals surface area contributed by atoms with E-state index in [1.165, 1.54) is 57.3 Å². The standard InChI is InChI=1S/C25H37N3O/c1-26-15-12-25(13-16-26,22-6-3-2-4-7-22)23(29)28-17-11-24(20-28)10-5-14-27(19-24)18-21-8-9-21/h2-4,6-7,21H,5,8-20H2,1H3. The zero-order valence-electron chi connectivity index (χ0n) is 18.1. The molecule has 1 atom stereocenters. The fourth-order valence-corrected chi connectivity index (χ4v) is 6.26. The van der Waals surface area contributed by atoms with Gasteiger partial charge < -0.3 is 14.7 Å². The zero-order chi connectivity index (χ0) is 19.9. The van der Waals surface area contributed by atoms with Gasteiger partial charge in [0, 0.05) is 31.6 Å². The van der Waals surface area contributed by atoms with Crippen molar-refractivity contribution in [2.24, 2.45) is 11.3 Å². The highest BCUT2D eigenvalue weighted by Crippen LogP contribution is 2.44. The third kappa shape index (κ3) is 3.86. The Labute approximate surface area is 176 Å². The van der Waals surface area contributed by atoms with Gasteiger partial charge in [0.05, 0.1) is 5.41 Å². The third-order valence-electron chi connectivity index (χ3n) is 8.26. The van der Waals surface area contributed by atoms with Gasteiger partial charge in [0.1, 0.15) is 0 Å². The van der Waals surface area contributed by atoms with Crippen LogP contribution in [0.25, 0.3) is 0 Å². The zero-order valence-corrected chi connectivity index (χ0v) is 18.1. The molecular weight excluding hydrogens is 358 g/mol. The number of amides is 1. The summed E-state index contributed by atoms with van der Waals surface area (Å²) < 4.78 is 0. The Bertz CT molecular complexity index is 723. The molecule has 4 heteroatoms. The Balaban J connectivity index is 1.33. The van der Waals surface area contributed by atoms with Crippen LogP contribution < -0.4 is 0 Å². The Hall–Kier alpha value is -1.39. The molecule has 4 nitrogen and oxygen atoms in total. The first kappa shape index (κ1) is 19.6. The van der Waals surface area contributed by atoms with Gasteiger partial charge in [0.25, 0.3) is 0 Å². The predicted octanol–water partition coefficient (Wildman–Crippen LogP) is 3.37. The average molecular weight is 396 g/mol. The van der Waals surface area contributed by atoms with Gasteiger partial charge in [-0.2, -0.15) is 0 Å². The molecule has 4 aliphatic rings. The molecule has 1 aliphatic carbocycles.